The molecule has 0 saturated heterocycles. The third-order valence-electron chi connectivity index (χ3n) is 6.15. The van der Waals surface area contributed by atoms with Gasteiger partial charge in [-0.1, -0.05) is 98.1 Å². The van der Waals surface area contributed by atoms with Crippen LogP contribution in [0.4, 0.5) is 0 Å². The summed E-state index contributed by atoms with van der Waals surface area (Å²) in [7, 11) is -2.86. The maximum atomic E-state index is 6.77. The van der Waals surface area contributed by atoms with E-state index >= 15 is 0 Å². The minimum atomic E-state index is -2.04. The van der Waals surface area contributed by atoms with Crippen LogP contribution in [0.2, 0.25) is 31.2 Å². The molecule has 2 aromatic carbocycles. The van der Waals surface area contributed by atoms with Gasteiger partial charge in [-0.05, 0) is 48.7 Å². The van der Waals surface area contributed by atoms with Crippen LogP contribution in [0.25, 0.3) is 5.76 Å². The molecule has 3 heteroatoms. The van der Waals surface area contributed by atoms with Crippen molar-refractivity contribution < 1.29 is 4.43 Å². The van der Waals surface area contributed by atoms with Crippen LogP contribution < -0.4 is 5.19 Å². The van der Waals surface area contributed by atoms with Gasteiger partial charge in [0.25, 0.3) is 8.32 Å². The van der Waals surface area contributed by atoms with Crippen LogP contribution >= 0.6 is 0 Å². The summed E-state index contributed by atoms with van der Waals surface area (Å²) in [5.74, 6) is 1.04. The third kappa shape index (κ3) is 5.49. The lowest BCUT2D eigenvalue weighted by Gasteiger charge is -2.35. The molecule has 0 heterocycles. The summed E-state index contributed by atoms with van der Waals surface area (Å²) >= 11 is 0. The molecule has 1 atom stereocenters. The fourth-order valence-corrected chi connectivity index (χ4v) is 7.76. The summed E-state index contributed by atoms with van der Waals surface area (Å²) in [4.78, 5) is 0. The summed E-state index contributed by atoms with van der Waals surface area (Å²) in [5, 5.41) is 1.72. The first-order chi connectivity index (χ1) is 13.9. The van der Waals surface area contributed by atoms with Crippen LogP contribution in [-0.4, -0.2) is 17.1 Å². The zero-order chi connectivity index (χ0) is 20.7. The standard InChI is InChI=1S/C26H34OSi2/c1-28(2)26(20-12-7-13-21-26)22-14-19-25(23-15-8-5-9-16-23)27-29(3,4)24-17-10-6-11-18-24/h5-13,15-20,28H,14,21-22H2,1-4H3/b25-19-. The number of hydrogen-bond donors (Lipinski definition) is 0. The summed E-state index contributed by atoms with van der Waals surface area (Å²) < 4.78 is 6.77. The second kappa shape index (κ2) is 9.60. The molecule has 1 nitrogen and oxygen atoms in total. The quantitative estimate of drug-likeness (QED) is 0.343. The Labute approximate surface area is 179 Å². The summed E-state index contributed by atoms with van der Waals surface area (Å²) in [6, 6.07) is 21.3. The summed E-state index contributed by atoms with van der Waals surface area (Å²) in [6.07, 6.45) is 15.0. The first-order valence-electron chi connectivity index (χ1n) is 10.8. The number of allylic oxidation sites excluding steroid dienone is 5. The van der Waals surface area contributed by atoms with E-state index in [9.17, 15) is 0 Å². The van der Waals surface area contributed by atoms with Gasteiger partial charge in [0.05, 0.1) is 0 Å². The van der Waals surface area contributed by atoms with Crippen molar-refractivity contribution >= 4 is 28.1 Å². The lowest BCUT2D eigenvalue weighted by Crippen LogP contribution is -2.44. The topological polar surface area (TPSA) is 9.23 Å². The molecule has 3 rings (SSSR count). The maximum absolute atomic E-state index is 6.77. The Hall–Kier alpha value is -2.11. The van der Waals surface area contributed by atoms with Gasteiger partial charge in [0.2, 0.25) is 0 Å². The highest BCUT2D eigenvalue weighted by Crippen LogP contribution is 2.44. The zero-order valence-corrected chi connectivity index (χ0v) is 20.4. The monoisotopic (exact) mass is 418 g/mol. The Morgan fingerprint density at radius 1 is 1.00 bits per heavy atom. The van der Waals surface area contributed by atoms with E-state index in [1.807, 2.05) is 0 Å². The smallest absolute Gasteiger partial charge is 0.276 e. The van der Waals surface area contributed by atoms with Gasteiger partial charge >= 0.3 is 0 Å². The minimum absolute atomic E-state index is 0.388. The van der Waals surface area contributed by atoms with Gasteiger partial charge < -0.3 is 4.43 Å². The number of hydrogen-bond acceptors (Lipinski definition) is 1. The lowest BCUT2D eigenvalue weighted by molar-refractivity contribution is 0.515. The normalized spacial score (nSPS) is 19.6. The molecule has 1 unspecified atom stereocenters. The minimum Gasteiger partial charge on any atom is -0.539 e. The van der Waals surface area contributed by atoms with E-state index in [1.165, 1.54) is 23.6 Å². The molecule has 1 aliphatic carbocycles. The maximum Gasteiger partial charge on any atom is 0.276 e. The zero-order valence-electron chi connectivity index (χ0n) is 18.3. The van der Waals surface area contributed by atoms with Gasteiger partial charge in [0, 0.05) is 14.4 Å². The fraction of sp³-hybridized carbons (Fsp3) is 0.308. The molecule has 152 valence electrons. The largest absolute Gasteiger partial charge is 0.539 e. The molecule has 1 aliphatic rings. The van der Waals surface area contributed by atoms with E-state index in [1.54, 1.807) is 0 Å². The van der Waals surface area contributed by atoms with Crippen LogP contribution in [0.5, 0.6) is 0 Å². The molecule has 0 spiro atoms. The van der Waals surface area contributed by atoms with Crippen molar-refractivity contribution in [2.24, 2.45) is 0 Å². The molecule has 29 heavy (non-hydrogen) atoms. The van der Waals surface area contributed by atoms with Gasteiger partial charge in [0.15, 0.2) is 0 Å². The molecule has 0 N–H and O–H groups in total. The second-order valence-corrected chi connectivity index (χ2v) is 16.1. The van der Waals surface area contributed by atoms with E-state index in [4.69, 9.17) is 4.43 Å². The molecule has 0 radical (unpaired) electrons. The van der Waals surface area contributed by atoms with Gasteiger partial charge in [-0.2, -0.15) is 0 Å². The van der Waals surface area contributed by atoms with Gasteiger partial charge in [-0.25, -0.2) is 0 Å². The summed E-state index contributed by atoms with van der Waals surface area (Å²) in [6.45, 7) is 9.53. The molecule has 0 aliphatic heterocycles. The van der Waals surface area contributed by atoms with Crippen LogP contribution in [0.1, 0.15) is 24.8 Å². The predicted octanol–water partition coefficient (Wildman–Crippen LogP) is 6.68. The Bertz CT molecular complexity index is 866. The van der Waals surface area contributed by atoms with E-state index in [0.717, 1.165) is 12.2 Å². The first-order valence-corrected chi connectivity index (χ1v) is 16.6. The number of benzene rings is 2. The average Bonchev–Trinajstić information content (AvgIpc) is 2.75. The van der Waals surface area contributed by atoms with Crippen LogP contribution in [0, 0.1) is 0 Å². The Morgan fingerprint density at radius 3 is 2.24 bits per heavy atom. The van der Waals surface area contributed by atoms with E-state index in [2.05, 4.69) is 117 Å². The van der Waals surface area contributed by atoms with E-state index in [-0.39, 0.29) is 0 Å². The molecular formula is C26H34OSi2. The first kappa shape index (κ1) is 21.6. The average molecular weight is 419 g/mol. The van der Waals surface area contributed by atoms with Crippen LogP contribution in [-0.2, 0) is 4.43 Å². The Morgan fingerprint density at radius 2 is 1.66 bits per heavy atom. The lowest BCUT2D eigenvalue weighted by atomic mass is 9.93. The van der Waals surface area contributed by atoms with Gasteiger partial charge in [0.1, 0.15) is 5.76 Å². The third-order valence-corrected chi connectivity index (χ3v) is 11.6. The molecule has 0 bridgehead atoms. The molecule has 0 aromatic heterocycles. The van der Waals surface area contributed by atoms with Crippen LogP contribution in [0.3, 0.4) is 0 Å². The molecule has 0 amide bonds. The molecule has 0 fully saturated rings. The van der Waals surface area contributed by atoms with E-state index < -0.39 is 17.1 Å². The highest BCUT2D eigenvalue weighted by molar-refractivity contribution is 6.85. The predicted molar refractivity (Wildman–Crippen MR) is 133 cm³/mol. The highest BCUT2D eigenvalue weighted by Gasteiger charge is 2.31. The Balaban J connectivity index is 1.82. The second-order valence-electron chi connectivity index (χ2n) is 8.83. The van der Waals surface area contributed by atoms with Crippen molar-refractivity contribution in [3.63, 3.8) is 0 Å². The van der Waals surface area contributed by atoms with Crippen molar-refractivity contribution in [1.82, 2.24) is 0 Å². The SMILES string of the molecule is C[SiH](C)C1(CC/C=C(\O[Si](C)(C)c2ccccc2)c2ccccc2)C=CC=CC1. The van der Waals surface area contributed by atoms with Gasteiger partial charge in [-0.3, -0.25) is 0 Å². The molecule has 2 aromatic rings. The molecule has 0 saturated carbocycles. The van der Waals surface area contributed by atoms with Crippen LogP contribution in [0.15, 0.2) is 91.0 Å². The molecular weight excluding hydrogens is 384 g/mol. The van der Waals surface area contributed by atoms with Crippen molar-refractivity contribution in [3.05, 3.63) is 96.6 Å². The Kier molecular flexibility index (Phi) is 7.15. The highest BCUT2D eigenvalue weighted by atomic mass is 28.4. The van der Waals surface area contributed by atoms with Crippen molar-refractivity contribution in [2.75, 3.05) is 0 Å². The van der Waals surface area contributed by atoms with Crippen molar-refractivity contribution in [3.8, 4) is 0 Å². The van der Waals surface area contributed by atoms with E-state index in [0.29, 0.717) is 5.04 Å². The van der Waals surface area contributed by atoms with Gasteiger partial charge in [-0.15, -0.1) is 0 Å². The number of rotatable bonds is 8. The fourth-order valence-electron chi connectivity index (χ4n) is 4.05. The van der Waals surface area contributed by atoms with Crippen molar-refractivity contribution in [1.29, 1.82) is 0 Å². The van der Waals surface area contributed by atoms with Crippen molar-refractivity contribution in [2.45, 2.75) is 50.5 Å². The summed E-state index contributed by atoms with van der Waals surface area (Å²) in [5.41, 5.74) is 1.18.